The number of amides is 1. The van der Waals surface area contributed by atoms with Gasteiger partial charge in [0.2, 0.25) is 0 Å². The van der Waals surface area contributed by atoms with Crippen molar-refractivity contribution in [3.63, 3.8) is 0 Å². The van der Waals surface area contributed by atoms with Gasteiger partial charge in [0.15, 0.2) is 0 Å². The Bertz CT molecular complexity index is 922. The number of anilines is 1. The van der Waals surface area contributed by atoms with Crippen molar-refractivity contribution in [3.05, 3.63) is 60.2 Å². The zero-order chi connectivity index (χ0) is 20.4. The topological polar surface area (TPSA) is 57.7 Å². The summed E-state index contributed by atoms with van der Waals surface area (Å²) >= 11 is 0. The molecule has 0 radical (unpaired) electrons. The molecule has 5 nitrogen and oxygen atoms in total. The molecule has 2 aromatic rings. The van der Waals surface area contributed by atoms with Crippen LogP contribution < -0.4 is 4.31 Å². The molecule has 1 aliphatic heterocycles. The second-order valence-electron chi connectivity index (χ2n) is 8.02. The minimum absolute atomic E-state index is 0.00768. The fourth-order valence-electron chi connectivity index (χ4n) is 3.76. The van der Waals surface area contributed by atoms with E-state index in [0.29, 0.717) is 17.8 Å². The van der Waals surface area contributed by atoms with Crippen molar-refractivity contribution in [2.75, 3.05) is 23.9 Å². The van der Waals surface area contributed by atoms with E-state index in [0.717, 1.165) is 25.9 Å². The first-order valence-corrected chi connectivity index (χ1v) is 11.2. The van der Waals surface area contributed by atoms with Crippen molar-refractivity contribution in [1.82, 2.24) is 4.90 Å². The van der Waals surface area contributed by atoms with Crippen LogP contribution in [0.3, 0.4) is 0 Å². The number of sulfonamides is 1. The largest absolute Gasteiger partial charge is 0.338 e. The molecule has 28 heavy (non-hydrogen) atoms. The maximum Gasteiger partial charge on any atom is 0.264 e. The summed E-state index contributed by atoms with van der Waals surface area (Å²) in [5.41, 5.74) is 1.29. The van der Waals surface area contributed by atoms with Crippen LogP contribution in [0.2, 0.25) is 0 Å². The minimum atomic E-state index is -3.64. The third-order valence-corrected chi connectivity index (χ3v) is 7.13. The number of carbonyl (C=O) groups excluding carboxylic acids is 1. The normalized spacial score (nSPS) is 16.6. The summed E-state index contributed by atoms with van der Waals surface area (Å²) in [6.07, 6.45) is 2.13. The molecule has 0 spiro atoms. The Kier molecular flexibility index (Phi) is 5.79. The van der Waals surface area contributed by atoms with Crippen LogP contribution in [-0.4, -0.2) is 38.9 Å². The van der Waals surface area contributed by atoms with Gasteiger partial charge in [0, 0.05) is 25.2 Å². The monoisotopic (exact) mass is 400 g/mol. The maximum atomic E-state index is 13.0. The van der Waals surface area contributed by atoms with Crippen LogP contribution in [0.5, 0.6) is 0 Å². The SMILES string of the molecule is CCN(c1ccc(C(=O)N2CCCC(C)(C)C2)cc1)S(=O)(=O)c1ccccc1. The highest BCUT2D eigenvalue weighted by Crippen LogP contribution is 2.30. The highest BCUT2D eigenvalue weighted by Gasteiger charge is 2.30. The lowest BCUT2D eigenvalue weighted by Gasteiger charge is -2.38. The summed E-state index contributed by atoms with van der Waals surface area (Å²) in [6, 6.07) is 15.3. The van der Waals surface area contributed by atoms with Gasteiger partial charge in [-0.05, 0) is 61.6 Å². The number of hydrogen-bond acceptors (Lipinski definition) is 3. The molecule has 6 heteroatoms. The summed E-state index contributed by atoms with van der Waals surface area (Å²) in [5, 5.41) is 0. The van der Waals surface area contributed by atoms with Crippen LogP contribution in [0.15, 0.2) is 59.5 Å². The molecule has 1 amide bonds. The van der Waals surface area contributed by atoms with E-state index in [4.69, 9.17) is 0 Å². The second-order valence-corrected chi connectivity index (χ2v) is 9.89. The quantitative estimate of drug-likeness (QED) is 0.757. The molecule has 1 aliphatic rings. The molecule has 3 rings (SSSR count). The van der Waals surface area contributed by atoms with Gasteiger partial charge in [0.1, 0.15) is 0 Å². The molecule has 0 atom stereocenters. The summed E-state index contributed by atoms with van der Waals surface area (Å²) in [4.78, 5) is 15.0. The van der Waals surface area contributed by atoms with E-state index in [1.54, 1.807) is 61.5 Å². The van der Waals surface area contributed by atoms with Crippen molar-refractivity contribution in [2.24, 2.45) is 5.41 Å². The van der Waals surface area contributed by atoms with Crippen molar-refractivity contribution in [3.8, 4) is 0 Å². The minimum Gasteiger partial charge on any atom is -0.338 e. The highest BCUT2D eigenvalue weighted by atomic mass is 32.2. The Morgan fingerprint density at radius 1 is 1.07 bits per heavy atom. The predicted octanol–water partition coefficient (Wildman–Crippen LogP) is 4.16. The van der Waals surface area contributed by atoms with Crippen LogP contribution in [0, 0.1) is 5.41 Å². The third-order valence-electron chi connectivity index (χ3n) is 5.21. The average Bonchev–Trinajstić information content (AvgIpc) is 2.68. The highest BCUT2D eigenvalue weighted by molar-refractivity contribution is 7.92. The molecular weight excluding hydrogens is 372 g/mol. The summed E-state index contributed by atoms with van der Waals surface area (Å²) in [6.45, 7) is 8.00. The first-order chi connectivity index (χ1) is 13.2. The fraction of sp³-hybridized carbons (Fsp3) is 0.409. The third kappa shape index (κ3) is 4.22. The zero-order valence-electron chi connectivity index (χ0n) is 16.8. The van der Waals surface area contributed by atoms with E-state index in [2.05, 4.69) is 13.8 Å². The lowest BCUT2D eigenvalue weighted by molar-refractivity contribution is 0.0583. The molecule has 0 aliphatic carbocycles. The molecule has 1 heterocycles. The number of likely N-dealkylation sites (tertiary alicyclic amines) is 1. The molecule has 0 unspecified atom stereocenters. The van der Waals surface area contributed by atoms with Gasteiger partial charge >= 0.3 is 0 Å². The van der Waals surface area contributed by atoms with E-state index in [-0.39, 0.29) is 16.2 Å². The molecule has 150 valence electrons. The molecule has 1 fully saturated rings. The number of nitrogens with zero attached hydrogens (tertiary/aromatic N) is 2. The number of rotatable bonds is 5. The first-order valence-electron chi connectivity index (χ1n) is 9.72. The number of piperidine rings is 1. The molecule has 0 aromatic heterocycles. The van der Waals surface area contributed by atoms with Crippen LogP contribution in [-0.2, 0) is 10.0 Å². The van der Waals surface area contributed by atoms with Gasteiger partial charge in [-0.3, -0.25) is 9.10 Å². The summed E-state index contributed by atoms with van der Waals surface area (Å²) < 4.78 is 27.3. The Morgan fingerprint density at radius 2 is 1.71 bits per heavy atom. The van der Waals surface area contributed by atoms with E-state index < -0.39 is 10.0 Å². The average molecular weight is 401 g/mol. The van der Waals surface area contributed by atoms with Gasteiger partial charge in [0.05, 0.1) is 10.6 Å². The Morgan fingerprint density at radius 3 is 2.29 bits per heavy atom. The lowest BCUT2D eigenvalue weighted by Crippen LogP contribution is -2.43. The Labute approximate surface area is 168 Å². The first kappa shape index (κ1) is 20.4. The van der Waals surface area contributed by atoms with Crippen LogP contribution in [0.25, 0.3) is 0 Å². The van der Waals surface area contributed by atoms with Crippen molar-refractivity contribution < 1.29 is 13.2 Å². The van der Waals surface area contributed by atoms with Gasteiger partial charge in [-0.15, -0.1) is 0 Å². The zero-order valence-corrected chi connectivity index (χ0v) is 17.6. The van der Waals surface area contributed by atoms with Gasteiger partial charge in [-0.1, -0.05) is 32.0 Å². The smallest absolute Gasteiger partial charge is 0.264 e. The van der Waals surface area contributed by atoms with E-state index in [1.807, 2.05) is 4.90 Å². The molecule has 0 N–H and O–H groups in total. The van der Waals surface area contributed by atoms with E-state index in [1.165, 1.54) is 4.31 Å². The van der Waals surface area contributed by atoms with Crippen LogP contribution in [0.1, 0.15) is 44.0 Å². The number of hydrogen-bond donors (Lipinski definition) is 0. The number of benzene rings is 2. The van der Waals surface area contributed by atoms with Crippen LogP contribution in [0.4, 0.5) is 5.69 Å². The lowest BCUT2D eigenvalue weighted by atomic mass is 9.84. The number of carbonyl (C=O) groups is 1. The Balaban J connectivity index is 1.82. The van der Waals surface area contributed by atoms with Crippen LogP contribution >= 0.6 is 0 Å². The van der Waals surface area contributed by atoms with Gasteiger partial charge < -0.3 is 4.90 Å². The van der Waals surface area contributed by atoms with Gasteiger partial charge in [0.25, 0.3) is 15.9 Å². The van der Waals surface area contributed by atoms with Crippen molar-refractivity contribution in [2.45, 2.75) is 38.5 Å². The van der Waals surface area contributed by atoms with Crippen molar-refractivity contribution in [1.29, 1.82) is 0 Å². The molecule has 2 aromatic carbocycles. The van der Waals surface area contributed by atoms with E-state index >= 15 is 0 Å². The maximum absolute atomic E-state index is 13.0. The second kappa shape index (κ2) is 7.95. The molecule has 0 bridgehead atoms. The standard InChI is InChI=1S/C22H28N2O3S/c1-4-24(28(26,27)20-9-6-5-7-10-20)19-13-11-18(12-14-19)21(25)23-16-8-15-22(2,3)17-23/h5-7,9-14H,4,8,15-17H2,1-3H3. The van der Waals surface area contributed by atoms with E-state index in [9.17, 15) is 13.2 Å². The molecular formula is C22H28N2O3S. The summed E-state index contributed by atoms with van der Waals surface area (Å²) in [5.74, 6) is 0.00768. The fourth-order valence-corrected chi connectivity index (χ4v) is 5.26. The van der Waals surface area contributed by atoms with Gasteiger partial charge in [-0.2, -0.15) is 0 Å². The Hall–Kier alpha value is -2.34. The van der Waals surface area contributed by atoms with Crippen molar-refractivity contribution >= 4 is 21.6 Å². The predicted molar refractivity (Wildman–Crippen MR) is 112 cm³/mol. The molecule has 1 saturated heterocycles. The summed E-state index contributed by atoms with van der Waals surface area (Å²) in [7, 11) is -3.64. The molecule has 0 saturated carbocycles. The van der Waals surface area contributed by atoms with Gasteiger partial charge in [-0.25, -0.2) is 8.42 Å².